The average Bonchev–Trinajstić information content (AvgIpc) is 2.69. The van der Waals surface area contributed by atoms with Crippen molar-refractivity contribution in [2.24, 2.45) is 0 Å². The van der Waals surface area contributed by atoms with Gasteiger partial charge >= 0.3 is 0 Å². The molecule has 0 unspecified atom stereocenters. The fourth-order valence-corrected chi connectivity index (χ4v) is 4.05. The zero-order valence-corrected chi connectivity index (χ0v) is 18.2. The highest BCUT2D eigenvalue weighted by Crippen LogP contribution is 2.30. The lowest BCUT2D eigenvalue weighted by Gasteiger charge is -2.30. The van der Waals surface area contributed by atoms with Gasteiger partial charge in [0.1, 0.15) is 5.69 Å². The lowest BCUT2D eigenvalue weighted by molar-refractivity contribution is 0.221. The lowest BCUT2D eigenvalue weighted by atomic mass is 10.1. The van der Waals surface area contributed by atoms with Crippen molar-refractivity contribution in [1.29, 1.82) is 0 Å². The number of piperidine rings is 1. The third-order valence-electron chi connectivity index (χ3n) is 4.66. The van der Waals surface area contributed by atoms with Crippen LogP contribution in [0, 0.1) is 5.82 Å². The molecule has 11 heteroatoms. The second-order valence-electron chi connectivity index (χ2n) is 7.37. The number of hydrogen-bond acceptors (Lipinski definition) is 8. The van der Waals surface area contributed by atoms with E-state index in [-0.39, 0.29) is 18.0 Å². The smallest absolute Gasteiger partial charge is 0.250 e. The number of anilines is 1. The Hall–Kier alpha value is -2.53. The minimum Gasteiger partial charge on any atom is -0.493 e. The zero-order valence-electron chi connectivity index (χ0n) is 17.4. The summed E-state index contributed by atoms with van der Waals surface area (Å²) in [7, 11) is -1.70. The number of pyridine rings is 1. The maximum Gasteiger partial charge on any atom is 0.250 e. The molecule has 1 fully saturated rings. The number of rotatable bonds is 7. The van der Waals surface area contributed by atoms with Gasteiger partial charge in [0, 0.05) is 30.9 Å². The fraction of sp³-hybridized carbons (Fsp3) is 0.526. The van der Waals surface area contributed by atoms with Crippen LogP contribution in [0.3, 0.4) is 0 Å². The predicted molar refractivity (Wildman–Crippen MR) is 111 cm³/mol. The van der Waals surface area contributed by atoms with Crippen molar-refractivity contribution in [1.82, 2.24) is 19.3 Å². The van der Waals surface area contributed by atoms with Crippen molar-refractivity contribution in [3.8, 4) is 22.9 Å². The Bertz CT molecular complexity index is 994. The van der Waals surface area contributed by atoms with Gasteiger partial charge in [0.05, 0.1) is 25.7 Å². The third kappa shape index (κ3) is 5.33. The molecular formula is C19H26FN5O4S. The van der Waals surface area contributed by atoms with Gasteiger partial charge in [-0.1, -0.05) is 0 Å². The minimum atomic E-state index is -3.18. The van der Waals surface area contributed by atoms with Crippen LogP contribution < -0.4 is 14.8 Å². The Morgan fingerprint density at radius 1 is 1.23 bits per heavy atom. The van der Waals surface area contributed by atoms with Gasteiger partial charge in [-0.05, 0) is 32.8 Å². The molecule has 0 aliphatic carbocycles. The molecule has 30 heavy (non-hydrogen) atoms. The summed E-state index contributed by atoms with van der Waals surface area (Å²) < 4.78 is 49.8. The Labute approximate surface area is 175 Å². The molecular weight excluding hydrogens is 413 g/mol. The van der Waals surface area contributed by atoms with Gasteiger partial charge < -0.3 is 14.8 Å². The Kier molecular flexibility index (Phi) is 6.71. The highest BCUT2D eigenvalue weighted by Gasteiger charge is 2.25. The van der Waals surface area contributed by atoms with Gasteiger partial charge in [-0.2, -0.15) is 0 Å². The molecule has 1 aliphatic heterocycles. The van der Waals surface area contributed by atoms with E-state index in [0.717, 1.165) is 0 Å². The van der Waals surface area contributed by atoms with Crippen molar-refractivity contribution in [2.75, 3.05) is 31.8 Å². The van der Waals surface area contributed by atoms with Gasteiger partial charge in [-0.15, -0.1) is 0 Å². The van der Waals surface area contributed by atoms with Gasteiger partial charge in [0.15, 0.2) is 11.6 Å². The molecule has 0 atom stereocenters. The molecule has 3 rings (SSSR count). The van der Waals surface area contributed by atoms with Crippen molar-refractivity contribution < 1.29 is 22.3 Å². The summed E-state index contributed by atoms with van der Waals surface area (Å²) in [5.41, 5.74) is 0.823. The highest BCUT2D eigenvalue weighted by molar-refractivity contribution is 7.88. The van der Waals surface area contributed by atoms with E-state index in [2.05, 4.69) is 20.3 Å². The van der Waals surface area contributed by atoms with Crippen LogP contribution in [-0.4, -0.2) is 66.3 Å². The lowest BCUT2D eigenvalue weighted by Crippen LogP contribution is -2.42. The Morgan fingerprint density at radius 3 is 2.50 bits per heavy atom. The summed E-state index contributed by atoms with van der Waals surface area (Å²) in [6.45, 7) is 4.46. The maximum absolute atomic E-state index is 14.4. The molecule has 1 aliphatic rings. The van der Waals surface area contributed by atoms with Crippen LogP contribution in [0.4, 0.5) is 10.3 Å². The zero-order chi connectivity index (χ0) is 21.9. The van der Waals surface area contributed by atoms with E-state index >= 15 is 0 Å². The quantitative estimate of drug-likeness (QED) is 0.701. The molecule has 1 N–H and O–H groups in total. The molecule has 0 aromatic carbocycles. The number of hydrogen-bond donors (Lipinski definition) is 1. The van der Waals surface area contributed by atoms with Gasteiger partial charge in [-0.25, -0.2) is 32.1 Å². The summed E-state index contributed by atoms with van der Waals surface area (Å²) in [4.78, 5) is 12.8. The molecule has 9 nitrogen and oxygen atoms in total. The number of halogens is 1. The fourth-order valence-electron chi connectivity index (χ4n) is 3.18. The topological polar surface area (TPSA) is 107 Å². The highest BCUT2D eigenvalue weighted by atomic mass is 32.2. The Morgan fingerprint density at radius 2 is 1.93 bits per heavy atom. The number of methoxy groups -OCH3 is 1. The Balaban J connectivity index is 1.79. The summed E-state index contributed by atoms with van der Waals surface area (Å²) in [5, 5.41) is 3.23. The maximum atomic E-state index is 14.4. The second-order valence-corrected chi connectivity index (χ2v) is 9.35. The van der Waals surface area contributed by atoms with Gasteiger partial charge in [0.25, 0.3) is 5.88 Å². The number of nitrogens with zero attached hydrogens (tertiary/aromatic N) is 4. The van der Waals surface area contributed by atoms with Crippen LogP contribution in [0.5, 0.6) is 11.6 Å². The number of nitrogens with one attached hydrogen (secondary N) is 1. The first-order valence-corrected chi connectivity index (χ1v) is 11.5. The summed E-state index contributed by atoms with van der Waals surface area (Å²) in [5.74, 6) is 0.0694. The van der Waals surface area contributed by atoms with Crippen molar-refractivity contribution in [3.63, 3.8) is 0 Å². The molecule has 2 aromatic rings. The molecule has 0 bridgehead atoms. The van der Waals surface area contributed by atoms with Gasteiger partial charge in [-0.3, -0.25) is 0 Å². The first-order valence-electron chi connectivity index (χ1n) is 9.62. The van der Waals surface area contributed by atoms with Crippen molar-refractivity contribution in [3.05, 3.63) is 24.3 Å². The molecule has 0 saturated carbocycles. The normalized spacial score (nSPS) is 15.9. The van der Waals surface area contributed by atoms with Gasteiger partial charge in [0.2, 0.25) is 16.0 Å². The van der Waals surface area contributed by atoms with E-state index in [0.29, 0.717) is 48.9 Å². The van der Waals surface area contributed by atoms with Crippen molar-refractivity contribution in [2.45, 2.75) is 38.8 Å². The summed E-state index contributed by atoms with van der Waals surface area (Å²) >= 11 is 0. The molecule has 0 radical (unpaired) electrons. The number of ether oxygens (including phenoxy) is 2. The van der Waals surface area contributed by atoms with Crippen molar-refractivity contribution >= 4 is 16.0 Å². The molecule has 164 valence electrons. The average molecular weight is 440 g/mol. The van der Waals surface area contributed by atoms with Crippen LogP contribution in [-0.2, 0) is 10.0 Å². The first-order chi connectivity index (χ1) is 14.2. The standard InChI is InChI=1S/C19H26FN5O4S/c1-12(2)29-18-15(20)9-13(10-21-18)17-16(28-3)11-22-19(24-17)23-14-5-7-25(8-6-14)30(4,26)27/h9-12,14H,5-8H2,1-4H3,(H,22,23,24). The minimum absolute atomic E-state index is 0.0286. The summed E-state index contributed by atoms with van der Waals surface area (Å²) in [6, 6.07) is 1.32. The van der Waals surface area contributed by atoms with E-state index in [4.69, 9.17) is 9.47 Å². The predicted octanol–water partition coefficient (Wildman–Crippen LogP) is 2.31. The first kappa shape index (κ1) is 22.2. The molecule has 0 spiro atoms. The number of sulfonamides is 1. The van der Waals surface area contributed by atoms with Crippen LogP contribution in [0.25, 0.3) is 11.3 Å². The molecule has 1 saturated heterocycles. The van der Waals surface area contributed by atoms with E-state index in [1.54, 1.807) is 13.8 Å². The van der Waals surface area contributed by atoms with Crippen LogP contribution in [0.15, 0.2) is 18.5 Å². The van der Waals surface area contributed by atoms with Crippen LogP contribution in [0.2, 0.25) is 0 Å². The monoisotopic (exact) mass is 439 g/mol. The molecule has 0 amide bonds. The third-order valence-corrected chi connectivity index (χ3v) is 5.96. The van der Waals surface area contributed by atoms with Crippen LogP contribution in [0.1, 0.15) is 26.7 Å². The van der Waals surface area contributed by atoms with E-state index < -0.39 is 15.8 Å². The SMILES string of the molecule is COc1cnc(NC2CCN(S(C)(=O)=O)CC2)nc1-c1cnc(OC(C)C)c(F)c1. The van der Waals surface area contributed by atoms with Crippen LogP contribution >= 0.6 is 0 Å². The van der Waals surface area contributed by atoms with E-state index in [1.165, 1.54) is 36.1 Å². The second kappa shape index (κ2) is 9.09. The largest absolute Gasteiger partial charge is 0.493 e. The van der Waals surface area contributed by atoms with E-state index in [1.807, 2.05) is 0 Å². The van der Waals surface area contributed by atoms with E-state index in [9.17, 15) is 12.8 Å². The summed E-state index contributed by atoms with van der Waals surface area (Å²) in [6.07, 6.45) is 5.26. The number of aromatic nitrogens is 3. The molecule has 3 heterocycles. The molecule has 2 aromatic heterocycles.